The van der Waals surface area contributed by atoms with Crippen molar-refractivity contribution < 1.29 is 14.6 Å². The van der Waals surface area contributed by atoms with Gasteiger partial charge in [0, 0.05) is 56.8 Å². The average Bonchev–Trinajstić information content (AvgIpc) is 3.52. The van der Waals surface area contributed by atoms with Crippen LogP contribution in [0.2, 0.25) is 5.02 Å². The Morgan fingerprint density at radius 2 is 1.71 bits per heavy atom. The van der Waals surface area contributed by atoms with Gasteiger partial charge in [0.05, 0.1) is 29.4 Å². The number of nitrogens with two attached hydrogens (primary N) is 1. The Kier molecular flexibility index (Phi) is 10.4. The molecule has 0 unspecified atom stereocenters. The second kappa shape index (κ2) is 15.5. The summed E-state index contributed by atoms with van der Waals surface area (Å²) in [6.07, 6.45) is 2.93. The number of anilines is 1. The van der Waals surface area contributed by atoms with E-state index >= 15 is 0 Å². The van der Waals surface area contributed by atoms with Crippen LogP contribution in [0.25, 0.3) is 33.2 Å². The maximum absolute atomic E-state index is 14.6. The van der Waals surface area contributed by atoms with Gasteiger partial charge in [0.25, 0.3) is 5.56 Å². The summed E-state index contributed by atoms with van der Waals surface area (Å²) in [6.45, 7) is 4.91. The van der Waals surface area contributed by atoms with Crippen molar-refractivity contribution in [3.63, 3.8) is 0 Å². The van der Waals surface area contributed by atoms with E-state index in [-0.39, 0.29) is 36.1 Å². The number of phenols is 1. The van der Waals surface area contributed by atoms with Gasteiger partial charge in [0.1, 0.15) is 36.0 Å². The first-order chi connectivity index (χ1) is 25.3. The minimum absolute atomic E-state index is 0.0954. The van der Waals surface area contributed by atoms with E-state index in [9.17, 15) is 14.7 Å². The molecule has 1 amide bonds. The SMILES string of the molecule is COCCN1CCN(C(=O)CCCc2cccc3nc(Cn4nc(-c5ccc(O)cc5)c5c(N)ncnc54)n(Cc4ccccc4Cl)c(=O)c23)CC1. The van der Waals surface area contributed by atoms with E-state index in [2.05, 4.69) is 14.9 Å². The second-order valence-electron chi connectivity index (χ2n) is 12.9. The van der Waals surface area contributed by atoms with Crippen LogP contribution in [0, 0.1) is 0 Å². The number of nitrogens with zero attached hydrogens (tertiary/aromatic N) is 8. The number of fused-ring (bicyclic) bond motifs is 2. The molecule has 7 rings (SSSR count). The summed E-state index contributed by atoms with van der Waals surface area (Å²) < 4.78 is 8.50. The van der Waals surface area contributed by atoms with Gasteiger partial charge in [-0.15, -0.1) is 0 Å². The monoisotopic (exact) mass is 721 g/mol. The van der Waals surface area contributed by atoms with Crippen LogP contribution < -0.4 is 11.3 Å². The number of phenolic OH excluding ortho intramolecular Hbond substituents is 1. The van der Waals surface area contributed by atoms with E-state index in [1.54, 1.807) is 46.7 Å². The summed E-state index contributed by atoms with van der Waals surface area (Å²) in [5.41, 5.74) is 10.0. The molecule has 3 aromatic carbocycles. The van der Waals surface area contributed by atoms with Gasteiger partial charge in [-0.05, 0) is 60.4 Å². The lowest BCUT2D eigenvalue weighted by Gasteiger charge is -2.34. The van der Waals surface area contributed by atoms with Crippen LogP contribution in [-0.4, -0.2) is 96.6 Å². The van der Waals surface area contributed by atoms with Crippen LogP contribution in [0.1, 0.15) is 29.8 Å². The molecule has 0 saturated carbocycles. The number of benzene rings is 3. The number of methoxy groups -OCH3 is 1. The van der Waals surface area contributed by atoms with Crippen molar-refractivity contribution in [1.29, 1.82) is 0 Å². The van der Waals surface area contributed by atoms with Gasteiger partial charge in [-0.25, -0.2) is 19.6 Å². The predicted octanol–water partition coefficient (Wildman–Crippen LogP) is 4.35. The third-order valence-electron chi connectivity index (χ3n) is 9.60. The molecule has 0 aliphatic carbocycles. The molecular weight excluding hydrogens is 682 g/mol. The normalized spacial score (nSPS) is 13.7. The first-order valence-corrected chi connectivity index (χ1v) is 17.7. The quantitative estimate of drug-likeness (QED) is 0.186. The molecule has 52 heavy (non-hydrogen) atoms. The van der Waals surface area contributed by atoms with Crippen LogP contribution in [0.3, 0.4) is 0 Å². The number of halogens is 1. The maximum atomic E-state index is 14.6. The zero-order valence-electron chi connectivity index (χ0n) is 28.9. The number of carbonyl (C=O) groups is 1. The molecule has 1 aliphatic rings. The van der Waals surface area contributed by atoms with E-state index < -0.39 is 0 Å². The lowest BCUT2D eigenvalue weighted by molar-refractivity contribution is -0.133. The third-order valence-corrected chi connectivity index (χ3v) is 9.97. The van der Waals surface area contributed by atoms with Gasteiger partial charge in [-0.2, -0.15) is 5.10 Å². The van der Waals surface area contributed by atoms with E-state index in [1.807, 2.05) is 41.3 Å². The summed E-state index contributed by atoms with van der Waals surface area (Å²) in [5.74, 6) is 0.963. The highest BCUT2D eigenvalue weighted by atomic mass is 35.5. The van der Waals surface area contributed by atoms with Crippen molar-refractivity contribution >= 4 is 45.3 Å². The molecule has 3 aromatic heterocycles. The zero-order chi connectivity index (χ0) is 36.2. The van der Waals surface area contributed by atoms with Crippen molar-refractivity contribution in [1.82, 2.24) is 39.1 Å². The van der Waals surface area contributed by atoms with E-state index in [0.717, 1.165) is 36.3 Å². The Bertz CT molecular complexity index is 2280. The number of hydrogen-bond acceptors (Lipinski definition) is 10. The number of rotatable bonds is 12. The highest BCUT2D eigenvalue weighted by Crippen LogP contribution is 2.31. The number of amides is 1. The molecule has 0 bridgehead atoms. The molecule has 0 radical (unpaired) electrons. The highest BCUT2D eigenvalue weighted by molar-refractivity contribution is 6.31. The molecule has 3 N–H and O–H groups in total. The topological polar surface area (TPSA) is 158 Å². The standard InChI is InChI=1S/C38H40ClN9O4/c1-52-21-20-45-16-18-46(19-17-45)32(50)11-5-8-25-7-4-10-30-33(25)38(51)47(22-27-6-2-3-9-29(27)39)31(43-30)23-48-37-34(36(40)41-24-42-37)35(44-48)26-12-14-28(49)15-13-26/h2-4,6-7,9-10,12-15,24,49H,5,8,11,16-23H2,1H3,(H2,40,41,42). The number of ether oxygens (including phenoxy) is 1. The summed E-state index contributed by atoms with van der Waals surface area (Å²) in [6, 6.07) is 19.7. The van der Waals surface area contributed by atoms with Crippen molar-refractivity contribution in [3.05, 3.63) is 105 Å². The molecule has 0 spiro atoms. The van der Waals surface area contributed by atoms with Crippen molar-refractivity contribution in [2.24, 2.45) is 0 Å². The molecule has 1 aliphatic heterocycles. The van der Waals surface area contributed by atoms with Gasteiger partial charge < -0.3 is 20.5 Å². The average molecular weight is 722 g/mol. The molecule has 4 heterocycles. The van der Waals surface area contributed by atoms with Gasteiger partial charge in [0.15, 0.2) is 5.65 Å². The Balaban J connectivity index is 1.21. The van der Waals surface area contributed by atoms with Crippen LogP contribution in [0.5, 0.6) is 5.75 Å². The lowest BCUT2D eigenvalue weighted by atomic mass is 10.0. The van der Waals surface area contributed by atoms with Crippen molar-refractivity contribution in [2.75, 3.05) is 52.2 Å². The molecule has 1 fully saturated rings. The van der Waals surface area contributed by atoms with Gasteiger partial charge in [-0.1, -0.05) is 41.9 Å². The van der Waals surface area contributed by atoms with Crippen molar-refractivity contribution in [3.8, 4) is 17.0 Å². The summed E-state index contributed by atoms with van der Waals surface area (Å²) in [7, 11) is 1.70. The first kappa shape index (κ1) is 35.1. The number of carbonyl (C=O) groups excluding carboxylic acids is 1. The maximum Gasteiger partial charge on any atom is 0.262 e. The molecule has 6 aromatic rings. The Hall–Kier alpha value is -5.37. The van der Waals surface area contributed by atoms with Crippen LogP contribution >= 0.6 is 11.6 Å². The molecular formula is C38H40ClN9O4. The molecule has 268 valence electrons. The fraction of sp³-hybridized carbons (Fsp3) is 0.316. The number of aromatic nitrogens is 6. The Labute approximate surface area is 305 Å². The van der Waals surface area contributed by atoms with Crippen molar-refractivity contribution in [2.45, 2.75) is 32.4 Å². The smallest absolute Gasteiger partial charge is 0.262 e. The Morgan fingerprint density at radius 3 is 2.48 bits per heavy atom. The van der Waals surface area contributed by atoms with E-state index in [1.165, 1.54) is 6.33 Å². The predicted molar refractivity (Wildman–Crippen MR) is 200 cm³/mol. The van der Waals surface area contributed by atoms with Gasteiger partial charge >= 0.3 is 0 Å². The minimum Gasteiger partial charge on any atom is -0.508 e. The number of aryl methyl sites for hydroxylation is 1. The molecule has 13 nitrogen and oxygen atoms in total. The lowest BCUT2D eigenvalue weighted by Crippen LogP contribution is -2.49. The number of piperazine rings is 1. The first-order valence-electron chi connectivity index (χ1n) is 17.3. The van der Waals surface area contributed by atoms with E-state index in [4.69, 9.17) is 32.2 Å². The molecule has 0 atom stereocenters. The number of aromatic hydroxyl groups is 1. The molecule has 14 heteroatoms. The second-order valence-corrected chi connectivity index (χ2v) is 13.3. The fourth-order valence-corrected chi connectivity index (χ4v) is 6.99. The van der Waals surface area contributed by atoms with Crippen LogP contribution in [0.4, 0.5) is 5.82 Å². The van der Waals surface area contributed by atoms with E-state index in [0.29, 0.717) is 77.4 Å². The van der Waals surface area contributed by atoms with Crippen LogP contribution in [-0.2, 0) is 29.0 Å². The van der Waals surface area contributed by atoms with Crippen LogP contribution in [0.15, 0.2) is 77.9 Å². The molecule has 1 saturated heterocycles. The summed E-state index contributed by atoms with van der Waals surface area (Å²) >= 11 is 6.61. The number of nitrogen functional groups attached to an aromatic ring is 1. The summed E-state index contributed by atoms with van der Waals surface area (Å²) in [4.78, 5) is 45.7. The number of hydrogen-bond donors (Lipinski definition) is 2. The zero-order valence-corrected chi connectivity index (χ0v) is 29.7. The highest BCUT2D eigenvalue weighted by Gasteiger charge is 2.23. The third kappa shape index (κ3) is 7.33. The Morgan fingerprint density at radius 1 is 0.942 bits per heavy atom. The van der Waals surface area contributed by atoms with Gasteiger partial charge in [0.2, 0.25) is 5.91 Å². The largest absolute Gasteiger partial charge is 0.508 e. The fourth-order valence-electron chi connectivity index (χ4n) is 6.79. The van der Waals surface area contributed by atoms with Gasteiger partial charge in [-0.3, -0.25) is 19.1 Å². The minimum atomic E-state index is -0.210. The summed E-state index contributed by atoms with van der Waals surface area (Å²) in [5, 5.41) is 16.4.